The van der Waals surface area contributed by atoms with E-state index in [0.29, 0.717) is 6.54 Å². The topological polar surface area (TPSA) is 29.3 Å². The maximum absolute atomic E-state index is 6.06. The van der Waals surface area contributed by atoms with E-state index < -0.39 is 0 Å². The molecule has 0 aromatic heterocycles. The SMILES string of the molecule is Cc1ccc(C)c(C(CN)N(C)Cc2ccccc2Br)c1. The Morgan fingerprint density at radius 2 is 1.86 bits per heavy atom. The first-order valence-corrected chi connectivity index (χ1v) is 8.03. The summed E-state index contributed by atoms with van der Waals surface area (Å²) in [6.07, 6.45) is 0. The first kappa shape index (κ1) is 16.2. The van der Waals surface area contributed by atoms with Gasteiger partial charge in [-0.3, -0.25) is 4.90 Å². The number of halogens is 1. The highest BCUT2D eigenvalue weighted by molar-refractivity contribution is 9.10. The predicted octanol–water partition coefficient (Wildman–Crippen LogP) is 4.20. The Bertz CT molecular complexity index is 610. The van der Waals surface area contributed by atoms with E-state index in [9.17, 15) is 0 Å². The fourth-order valence-electron chi connectivity index (χ4n) is 2.67. The lowest BCUT2D eigenvalue weighted by Gasteiger charge is -2.29. The molecular weight excluding hydrogens is 324 g/mol. The van der Waals surface area contributed by atoms with E-state index in [1.165, 1.54) is 22.3 Å². The lowest BCUT2D eigenvalue weighted by atomic mass is 9.97. The van der Waals surface area contributed by atoms with Crippen LogP contribution in [-0.2, 0) is 6.54 Å². The molecule has 0 spiro atoms. The monoisotopic (exact) mass is 346 g/mol. The van der Waals surface area contributed by atoms with Crippen molar-refractivity contribution in [3.8, 4) is 0 Å². The Labute approximate surface area is 136 Å². The van der Waals surface area contributed by atoms with Gasteiger partial charge < -0.3 is 5.73 Å². The fourth-order valence-corrected chi connectivity index (χ4v) is 3.08. The summed E-state index contributed by atoms with van der Waals surface area (Å²) in [7, 11) is 2.14. The van der Waals surface area contributed by atoms with Crippen molar-refractivity contribution in [1.29, 1.82) is 0 Å². The molecule has 1 atom stereocenters. The van der Waals surface area contributed by atoms with Crippen LogP contribution in [0, 0.1) is 13.8 Å². The molecule has 2 N–H and O–H groups in total. The summed E-state index contributed by atoms with van der Waals surface area (Å²) >= 11 is 3.62. The Kier molecular flexibility index (Phi) is 5.57. The van der Waals surface area contributed by atoms with E-state index in [1.807, 2.05) is 6.07 Å². The van der Waals surface area contributed by atoms with Crippen LogP contribution in [0.5, 0.6) is 0 Å². The molecular formula is C18H23BrN2. The zero-order valence-electron chi connectivity index (χ0n) is 12.9. The third kappa shape index (κ3) is 3.94. The summed E-state index contributed by atoms with van der Waals surface area (Å²) in [6.45, 7) is 5.77. The molecule has 0 aliphatic carbocycles. The summed E-state index contributed by atoms with van der Waals surface area (Å²) in [5.41, 5.74) is 11.3. The number of nitrogens with two attached hydrogens (primary N) is 1. The van der Waals surface area contributed by atoms with E-state index in [0.717, 1.165) is 11.0 Å². The predicted molar refractivity (Wildman–Crippen MR) is 93.3 cm³/mol. The minimum atomic E-state index is 0.233. The second-order valence-corrected chi connectivity index (χ2v) is 6.47. The maximum atomic E-state index is 6.06. The molecule has 0 amide bonds. The number of benzene rings is 2. The molecule has 1 unspecified atom stereocenters. The van der Waals surface area contributed by atoms with E-state index in [-0.39, 0.29) is 6.04 Å². The van der Waals surface area contributed by atoms with Crippen molar-refractivity contribution in [3.63, 3.8) is 0 Å². The van der Waals surface area contributed by atoms with Crippen LogP contribution in [0.25, 0.3) is 0 Å². The van der Waals surface area contributed by atoms with Crippen LogP contribution < -0.4 is 5.73 Å². The molecule has 0 heterocycles. The van der Waals surface area contributed by atoms with Crippen molar-refractivity contribution in [1.82, 2.24) is 4.90 Å². The second-order valence-electron chi connectivity index (χ2n) is 5.62. The van der Waals surface area contributed by atoms with Gasteiger partial charge in [-0.15, -0.1) is 0 Å². The van der Waals surface area contributed by atoms with Crippen molar-refractivity contribution in [2.24, 2.45) is 5.73 Å². The average molecular weight is 347 g/mol. The molecule has 0 saturated carbocycles. The van der Waals surface area contributed by atoms with Crippen molar-refractivity contribution in [2.45, 2.75) is 26.4 Å². The van der Waals surface area contributed by atoms with Gasteiger partial charge in [0.25, 0.3) is 0 Å². The van der Waals surface area contributed by atoms with Gasteiger partial charge in [0.1, 0.15) is 0 Å². The first-order chi connectivity index (χ1) is 10.0. The molecule has 0 aliphatic heterocycles. The average Bonchev–Trinajstić information content (AvgIpc) is 2.46. The minimum absolute atomic E-state index is 0.233. The van der Waals surface area contributed by atoms with E-state index in [4.69, 9.17) is 5.73 Å². The number of aryl methyl sites for hydroxylation is 2. The molecule has 0 fully saturated rings. The molecule has 2 nitrogen and oxygen atoms in total. The quantitative estimate of drug-likeness (QED) is 0.878. The molecule has 0 bridgehead atoms. The lowest BCUT2D eigenvalue weighted by molar-refractivity contribution is 0.240. The van der Waals surface area contributed by atoms with Crippen LogP contribution in [0.1, 0.15) is 28.3 Å². The highest BCUT2D eigenvalue weighted by Gasteiger charge is 2.18. The molecule has 0 radical (unpaired) electrons. The van der Waals surface area contributed by atoms with Gasteiger partial charge in [-0.1, -0.05) is 57.9 Å². The summed E-state index contributed by atoms with van der Waals surface area (Å²) in [5.74, 6) is 0. The van der Waals surface area contributed by atoms with Crippen LogP contribution in [-0.4, -0.2) is 18.5 Å². The van der Waals surface area contributed by atoms with Crippen LogP contribution in [0.2, 0.25) is 0 Å². The summed E-state index contributed by atoms with van der Waals surface area (Å²) in [5, 5.41) is 0. The first-order valence-electron chi connectivity index (χ1n) is 7.23. The number of nitrogens with zero attached hydrogens (tertiary/aromatic N) is 1. The Morgan fingerprint density at radius 3 is 2.52 bits per heavy atom. The van der Waals surface area contributed by atoms with Gasteiger partial charge in [-0.2, -0.15) is 0 Å². The second kappa shape index (κ2) is 7.21. The Morgan fingerprint density at radius 1 is 1.14 bits per heavy atom. The fraction of sp³-hybridized carbons (Fsp3) is 0.333. The van der Waals surface area contributed by atoms with Crippen LogP contribution >= 0.6 is 15.9 Å². The summed E-state index contributed by atoms with van der Waals surface area (Å²) in [4.78, 5) is 2.32. The standard InChI is InChI=1S/C18H23BrN2/c1-13-8-9-14(2)16(10-13)18(11-20)21(3)12-15-6-4-5-7-17(15)19/h4-10,18H,11-12,20H2,1-3H3. The minimum Gasteiger partial charge on any atom is -0.329 e. The zero-order chi connectivity index (χ0) is 15.4. The molecule has 2 aromatic rings. The third-order valence-electron chi connectivity index (χ3n) is 3.93. The molecule has 21 heavy (non-hydrogen) atoms. The van der Waals surface area contributed by atoms with Gasteiger partial charge in [0, 0.05) is 23.6 Å². The molecule has 3 heteroatoms. The van der Waals surface area contributed by atoms with Crippen molar-refractivity contribution >= 4 is 15.9 Å². The largest absolute Gasteiger partial charge is 0.329 e. The van der Waals surface area contributed by atoms with Crippen LogP contribution in [0.15, 0.2) is 46.9 Å². The highest BCUT2D eigenvalue weighted by atomic mass is 79.9. The van der Waals surface area contributed by atoms with Gasteiger partial charge >= 0.3 is 0 Å². The lowest BCUT2D eigenvalue weighted by Crippen LogP contribution is -2.30. The van der Waals surface area contributed by atoms with Crippen molar-refractivity contribution < 1.29 is 0 Å². The Hall–Kier alpha value is -1.16. The molecule has 2 aromatic carbocycles. The van der Waals surface area contributed by atoms with Gasteiger partial charge in [-0.05, 0) is 43.7 Å². The normalized spacial score (nSPS) is 12.7. The van der Waals surface area contributed by atoms with Gasteiger partial charge in [0.2, 0.25) is 0 Å². The summed E-state index contributed by atoms with van der Waals surface area (Å²) in [6, 6.07) is 15.2. The van der Waals surface area contributed by atoms with E-state index in [1.54, 1.807) is 0 Å². The molecule has 0 saturated heterocycles. The van der Waals surface area contributed by atoms with Gasteiger partial charge in [0.05, 0.1) is 0 Å². The molecule has 112 valence electrons. The number of hydrogen-bond acceptors (Lipinski definition) is 2. The maximum Gasteiger partial charge on any atom is 0.0473 e. The van der Waals surface area contributed by atoms with Gasteiger partial charge in [0.15, 0.2) is 0 Å². The third-order valence-corrected chi connectivity index (χ3v) is 4.70. The number of likely N-dealkylation sites (N-methyl/N-ethyl adjacent to an activating group) is 1. The van der Waals surface area contributed by atoms with Crippen LogP contribution in [0.3, 0.4) is 0 Å². The highest BCUT2D eigenvalue weighted by Crippen LogP contribution is 2.26. The van der Waals surface area contributed by atoms with Crippen molar-refractivity contribution in [2.75, 3.05) is 13.6 Å². The molecule has 2 rings (SSSR count). The number of rotatable bonds is 5. The van der Waals surface area contributed by atoms with Gasteiger partial charge in [-0.25, -0.2) is 0 Å². The zero-order valence-corrected chi connectivity index (χ0v) is 14.5. The van der Waals surface area contributed by atoms with E-state index >= 15 is 0 Å². The van der Waals surface area contributed by atoms with E-state index in [2.05, 4.69) is 78.1 Å². The smallest absolute Gasteiger partial charge is 0.0473 e. The summed E-state index contributed by atoms with van der Waals surface area (Å²) < 4.78 is 1.15. The number of hydrogen-bond donors (Lipinski definition) is 1. The molecule has 0 aliphatic rings. The van der Waals surface area contributed by atoms with Crippen molar-refractivity contribution in [3.05, 3.63) is 69.2 Å². The van der Waals surface area contributed by atoms with Crippen LogP contribution in [0.4, 0.5) is 0 Å². The Balaban J connectivity index is 2.25.